The molecule has 0 unspecified atom stereocenters. The van der Waals surface area contributed by atoms with Gasteiger partial charge in [-0.05, 0) is 37.4 Å². The molecule has 78 valence electrons. The van der Waals surface area contributed by atoms with Crippen molar-refractivity contribution in [2.75, 3.05) is 6.54 Å². The molecule has 4 N–H and O–H groups in total. The molecule has 1 atom stereocenters. The molecule has 0 heterocycles. The molecule has 0 saturated heterocycles. The number of nitrogens with two attached hydrogens (primary N) is 2. The molecule has 0 spiro atoms. The fourth-order valence-electron chi connectivity index (χ4n) is 1.67. The largest absolute Gasteiger partial charge is 0.330 e. The Morgan fingerprint density at radius 3 is 2.57 bits per heavy atom. The summed E-state index contributed by atoms with van der Waals surface area (Å²) in [7, 11) is 0. The Kier molecular flexibility index (Phi) is 4.63. The van der Waals surface area contributed by atoms with Gasteiger partial charge in [0.2, 0.25) is 0 Å². The molecule has 0 bridgehead atoms. The van der Waals surface area contributed by atoms with Gasteiger partial charge in [0.15, 0.2) is 0 Å². The molecule has 0 aromatic heterocycles. The number of rotatable bonds is 5. The summed E-state index contributed by atoms with van der Waals surface area (Å²) in [5, 5.41) is 0. The Bertz CT molecular complexity index is 271. The molecule has 0 fully saturated rings. The van der Waals surface area contributed by atoms with Gasteiger partial charge in [0.05, 0.1) is 0 Å². The van der Waals surface area contributed by atoms with Gasteiger partial charge in [-0.1, -0.05) is 30.7 Å². The van der Waals surface area contributed by atoms with E-state index in [1.165, 1.54) is 11.1 Å². The summed E-state index contributed by atoms with van der Waals surface area (Å²) in [5.41, 5.74) is 14.1. The molecule has 0 aliphatic carbocycles. The lowest BCUT2D eigenvalue weighted by Gasteiger charge is -2.14. The van der Waals surface area contributed by atoms with Gasteiger partial charge in [-0.15, -0.1) is 0 Å². The van der Waals surface area contributed by atoms with E-state index < -0.39 is 0 Å². The van der Waals surface area contributed by atoms with Crippen LogP contribution in [-0.2, 0) is 0 Å². The van der Waals surface area contributed by atoms with Crippen molar-refractivity contribution in [3.8, 4) is 0 Å². The summed E-state index contributed by atoms with van der Waals surface area (Å²) in [6.07, 6.45) is 3.22. The van der Waals surface area contributed by atoms with Crippen LogP contribution in [0.2, 0.25) is 0 Å². The SMILES string of the molecule is Cc1ccccc1[C@@H](N)CCCCN. The highest BCUT2D eigenvalue weighted by Gasteiger charge is 2.06. The van der Waals surface area contributed by atoms with Crippen LogP contribution >= 0.6 is 0 Å². The van der Waals surface area contributed by atoms with Gasteiger partial charge in [0.1, 0.15) is 0 Å². The lowest BCUT2D eigenvalue weighted by Crippen LogP contribution is -2.12. The van der Waals surface area contributed by atoms with E-state index in [9.17, 15) is 0 Å². The highest BCUT2D eigenvalue weighted by atomic mass is 14.6. The Hall–Kier alpha value is -0.860. The molecule has 0 aliphatic heterocycles. The Morgan fingerprint density at radius 2 is 1.93 bits per heavy atom. The van der Waals surface area contributed by atoms with Gasteiger partial charge < -0.3 is 11.5 Å². The van der Waals surface area contributed by atoms with E-state index in [4.69, 9.17) is 11.5 Å². The maximum atomic E-state index is 6.10. The summed E-state index contributed by atoms with van der Waals surface area (Å²) >= 11 is 0. The highest BCUT2D eigenvalue weighted by Crippen LogP contribution is 2.19. The summed E-state index contributed by atoms with van der Waals surface area (Å²) < 4.78 is 0. The van der Waals surface area contributed by atoms with Gasteiger partial charge in [-0.25, -0.2) is 0 Å². The van der Waals surface area contributed by atoms with Crippen molar-refractivity contribution < 1.29 is 0 Å². The lowest BCUT2D eigenvalue weighted by atomic mass is 9.98. The van der Waals surface area contributed by atoms with E-state index in [0.717, 1.165) is 25.8 Å². The highest BCUT2D eigenvalue weighted by molar-refractivity contribution is 5.28. The average molecular weight is 192 g/mol. The van der Waals surface area contributed by atoms with E-state index >= 15 is 0 Å². The van der Waals surface area contributed by atoms with Gasteiger partial charge in [0, 0.05) is 6.04 Å². The predicted molar refractivity (Wildman–Crippen MR) is 61.0 cm³/mol. The minimum atomic E-state index is 0.169. The van der Waals surface area contributed by atoms with E-state index in [2.05, 4.69) is 19.1 Å². The van der Waals surface area contributed by atoms with Crippen molar-refractivity contribution in [1.82, 2.24) is 0 Å². The minimum Gasteiger partial charge on any atom is -0.330 e. The molecule has 0 saturated carbocycles. The zero-order valence-electron chi connectivity index (χ0n) is 8.87. The monoisotopic (exact) mass is 192 g/mol. The standard InChI is InChI=1S/C12H20N2/c1-10-6-2-3-7-11(10)12(14)8-4-5-9-13/h2-3,6-7,12H,4-5,8-9,13-14H2,1H3/t12-/m0/s1. The maximum Gasteiger partial charge on any atom is 0.0297 e. The fourth-order valence-corrected chi connectivity index (χ4v) is 1.67. The second-order valence-corrected chi connectivity index (χ2v) is 3.75. The molecule has 2 heteroatoms. The average Bonchev–Trinajstić information content (AvgIpc) is 2.18. The summed E-state index contributed by atoms with van der Waals surface area (Å²) in [5.74, 6) is 0. The Balaban J connectivity index is 2.51. The second-order valence-electron chi connectivity index (χ2n) is 3.75. The molecular formula is C12H20N2. The summed E-state index contributed by atoms with van der Waals surface area (Å²) in [6.45, 7) is 2.87. The Labute approximate surface area is 86.3 Å². The van der Waals surface area contributed by atoms with Crippen LogP contribution in [0, 0.1) is 6.92 Å². The lowest BCUT2D eigenvalue weighted by molar-refractivity contribution is 0.589. The van der Waals surface area contributed by atoms with Crippen LogP contribution in [-0.4, -0.2) is 6.54 Å². The normalized spacial score (nSPS) is 12.8. The number of hydrogen-bond donors (Lipinski definition) is 2. The zero-order valence-corrected chi connectivity index (χ0v) is 8.87. The first-order valence-corrected chi connectivity index (χ1v) is 5.27. The van der Waals surface area contributed by atoms with E-state index in [1.807, 2.05) is 12.1 Å². The van der Waals surface area contributed by atoms with Crippen LogP contribution in [0.3, 0.4) is 0 Å². The van der Waals surface area contributed by atoms with E-state index in [1.54, 1.807) is 0 Å². The molecular weight excluding hydrogens is 172 g/mol. The van der Waals surface area contributed by atoms with Crippen molar-refractivity contribution in [3.05, 3.63) is 35.4 Å². The van der Waals surface area contributed by atoms with Crippen LogP contribution < -0.4 is 11.5 Å². The molecule has 1 aromatic rings. The summed E-state index contributed by atoms with van der Waals surface area (Å²) in [6, 6.07) is 8.49. The van der Waals surface area contributed by atoms with Crippen LogP contribution in [0.15, 0.2) is 24.3 Å². The molecule has 0 radical (unpaired) electrons. The maximum absolute atomic E-state index is 6.10. The molecule has 0 aliphatic rings. The first kappa shape index (κ1) is 11.2. The topological polar surface area (TPSA) is 52.0 Å². The molecule has 1 aromatic carbocycles. The third-order valence-corrected chi connectivity index (χ3v) is 2.56. The number of benzene rings is 1. The van der Waals surface area contributed by atoms with Crippen molar-refractivity contribution in [2.45, 2.75) is 32.2 Å². The number of unbranched alkanes of at least 4 members (excludes halogenated alkanes) is 1. The third-order valence-electron chi connectivity index (χ3n) is 2.56. The quantitative estimate of drug-likeness (QED) is 0.702. The van der Waals surface area contributed by atoms with Crippen molar-refractivity contribution in [1.29, 1.82) is 0 Å². The number of hydrogen-bond acceptors (Lipinski definition) is 2. The Morgan fingerprint density at radius 1 is 1.21 bits per heavy atom. The molecule has 14 heavy (non-hydrogen) atoms. The van der Waals surface area contributed by atoms with E-state index in [-0.39, 0.29) is 6.04 Å². The van der Waals surface area contributed by atoms with Crippen LogP contribution in [0.5, 0.6) is 0 Å². The van der Waals surface area contributed by atoms with Gasteiger partial charge >= 0.3 is 0 Å². The van der Waals surface area contributed by atoms with Crippen molar-refractivity contribution >= 4 is 0 Å². The molecule has 2 nitrogen and oxygen atoms in total. The zero-order chi connectivity index (χ0) is 10.4. The van der Waals surface area contributed by atoms with E-state index in [0.29, 0.717) is 0 Å². The second kappa shape index (κ2) is 5.78. The minimum absolute atomic E-state index is 0.169. The number of aryl methyl sites for hydroxylation is 1. The molecule has 0 amide bonds. The van der Waals surface area contributed by atoms with Crippen LogP contribution in [0.1, 0.15) is 36.4 Å². The van der Waals surface area contributed by atoms with Gasteiger partial charge in [-0.2, -0.15) is 0 Å². The molecule has 1 rings (SSSR count). The smallest absolute Gasteiger partial charge is 0.0297 e. The van der Waals surface area contributed by atoms with Gasteiger partial charge in [0.25, 0.3) is 0 Å². The van der Waals surface area contributed by atoms with Crippen molar-refractivity contribution in [3.63, 3.8) is 0 Å². The van der Waals surface area contributed by atoms with Crippen molar-refractivity contribution in [2.24, 2.45) is 11.5 Å². The van der Waals surface area contributed by atoms with Crippen LogP contribution in [0.25, 0.3) is 0 Å². The summed E-state index contributed by atoms with van der Waals surface area (Å²) in [4.78, 5) is 0. The first-order chi connectivity index (χ1) is 6.75. The van der Waals surface area contributed by atoms with Gasteiger partial charge in [-0.3, -0.25) is 0 Å². The fraction of sp³-hybridized carbons (Fsp3) is 0.500. The van der Waals surface area contributed by atoms with Crippen LogP contribution in [0.4, 0.5) is 0 Å². The predicted octanol–water partition coefficient (Wildman–Crippen LogP) is 2.12. The first-order valence-electron chi connectivity index (χ1n) is 5.27. The third kappa shape index (κ3) is 3.13.